The van der Waals surface area contributed by atoms with Gasteiger partial charge in [0.1, 0.15) is 0 Å². The predicted octanol–water partition coefficient (Wildman–Crippen LogP) is 17.3. The Morgan fingerprint density at radius 1 is 0.361 bits per heavy atom. The number of halogens is 8. The zero-order valence-corrected chi connectivity index (χ0v) is 50.0. The number of carboxylic acids is 4. The van der Waals surface area contributed by atoms with Gasteiger partial charge in [0, 0.05) is 22.3 Å². The molecule has 3 aromatic heterocycles. The summed E-state index contributed by atoms with van der Waals surface area (Å²) in [4.78, 5) is 67.7. The van der Waals surface area contributed by atoms with Crippen LogP contribution in [0.4, 0.5) is 0 Å². The summed E-state index contributed by atoms with van der Waals surface area (Å²) in [6.07, 6.45) is 0. The van der Waals surface area contributed by atoms with Gasteiger partial charge >= 0.3 is 23.9 Å². The maximum Gasteiger partial charge on any atom is 0.336 e. The number of carboxylic acid groups (broad SMARTS) is 4. The van der Waals surface area contributed by atoms with Crippen molar-refractivity contribution in [1.82, 2.24) is 19.9 Å². The third-order valence-electron chi connectivity index (χ3n) is 12.7. The van der Waals surface area contributed by atoms with Crippen LogP contribution >= 0.6 is 127 Å². The number of nitrogens with zero attached hydrogens (tertiary/aromatic N) is 2. The van der Waals surface area contributed by atoms with Crippen molar-refractivity contribution in [3.63, 3.8) is 0 Å². The van der Waals surface area contributed by atoms with E-state index in [0.29, 0.717) is 147 Å². The van der Waals surface area contributed by atoms with E-state index < -0.39 is 23.9 Å². The molecule has 0 saturated carbocycles. The lowest BCUT2D eigenvalue weighted by Gasteiger charge is -2.20. The lowest BCUT2D eigenvalue weighted by molar-refractivity contribution is 0.0684. The highest BCUT2D eigenvalue weighted by Crippen LogP contribution is 2.54. The summed E-state index contributed by atoms with van der Waals surface area (Å²) in [6.45, 7) is 7.31. The molecule has 0 radical (unpaired) electrons. The van der Waals surface area contributed by atoms with E-state index in [-0.39, 0.29) is 22.3 Å². The molecule has 12 nitrogen and oxygen atoms in total. The number of aromatic nitrogens is 4. The van der Waals surface area contributed by atoms with Gasteiger partial charge in [-0.15, -0.1) is 0 Å². The van der Waals surface area contributed by atoms with Crippen molar-refractivity contribution in [3.8, 4) is 44.5 Å². The molecule has 72 heavy (non-hydrogen) atoms. The molecular formula is C52H30Br8N4O8. The van der Waals surface area contributed by atoms with E-state index in [0.717, 1.165) is 0 Å². The maximum absolute atomic E-state index is 12.8. The minimum Gasteiger partial charge on any atom is -0.478 e. The third-order valence-corrected chi connectivity index (χ3v) is 21.1. The average molecular weight is 1480 g/mol. The van der Waals surface area contributed by atoms with E-state index in [1.165, 1.54) is 36.4 Å². The number of fused-ring (bicyclic) bond motifs is 8. The molecular weight excluding hydrogens is 1450 g/mol. The topological polar surface area (TPSA) is 207 Å². The summed E-state index contributed by atoms with van der Waals surface area (Å²) in [7, 11) is 0. The van der Waals surface area contributed by atoms with Crippen LogP contribution in [0, 0.1) is 27.7 Å². The number of H-pyrrole nitrogens is 2. The summed E-state index contributed by atoms with van der Waals surface area (Å²) in [5, 5.41) is 40.4. The number of hydrogen-bond donors (Lipinski definition) is 6. The fraction of sp³-hybridized carbons (Fsp3) is 0.0769. The summed E-state index contributed by atoms with van der Waals surface area (Å²) >= 11 is 31.3. The van der Waals surface area contributed by atoms with Crippen molar-refractivity contribution in [2.45, 2.75) is 27.7 Å². The van der Waals surface area contributed by atoms with Crippen LogP contribution in [-0.2, 0) is 0 Å². The van der Waals surface area contributed by atoms with Gasteiger partial charge in [0.2, 0.25) is 0 Å². The number of hydrogen-bond acceptors (Lipinski definition) is 6. The maximum atomic E-state index is 12.8. The molecule has 6 N–H and O–H groups in total. The zero-order chi connectivity index (χ0) is 52.1. The van der Waals surface area contributed by atoms with Gasteiger partial charge in [0.05, 0.1) is 103 Å². The average Bonchev–Trinajstić information content (AvgIpc) is 4.01. The van der Waals surface area contributed by atoms with Gasteiger partial charge in [0.25, 0.3) is 0 Å². The molecule has 0 spiro atoms. The van der Waals surface area contributed by atoms with E-state index in [2.05, 4.69) is 137 Å². The van der Waals surface area contributed by atoms with Crippen molar-refractivity contribution in [2.75, 3.05) is 0 Å². The zero-order valence-electron chi connectivity index (χ0n) is 37.3. The van der Waals surface area contributed by atoms with Crippen LogP contribution in [0.2, 0.25) is 0 Å². The molecule has 0 fully saturated rings. The summed E-state index contributed by atoms with van der Waals surface area (Å²) in [6, 6.07) is 19.2. The predicted molar refractivity (Wildman–Crippen MR) is 310 cm³/mol. The van der Waals surface area contributed by atoms with Crippen LogP contribution in [0.5, 0.6) is 0 Å². The number of nitrogens with one attached hydrogen (secondary N) is 2. The Labute approximate surface area is 476 Å². The Balaban J connectivity index is 1.63. The van der Waals surface area contributed by atoms with Gasteiger partial charge in [-0.1, -0.05) is 36.4 Å². The van der Waals surface area contributed by atoms with Gasteiger partial charge in [-0.05, 0) is 236 Å². The minimum atomic E-state index is -1.11. The molecule has 2 aliphatic heterocycles. The smallest absolute Gasteiger partial charge is 0.336 e. The lowest BCUT2D eigenvalue weighted by atomic mass is 9.85. The highest BCUT2D eigenvalue weighted by atomic mass is 79.9. The first-order valence-electron chi connectivity index (χ1n) is 21.1. The summed E-state index contributed by atoms with van der Waals surface area (Å²) < 4.78 is 4.29. The molecule has 362 valence electrons. The molecule has 5 heterocycles. The van der Waals surface area contributed by atoms with E-state index in [1.807, 2.05) is 13.8 Å². The minimum absolute atomic E-state index is 0.0634. The molecule has 0 saturated heterocycles. The molecule has 4 aromatic carbocycles. The Morgan fingerprint density at radius 3 is 0.861 bits per heavy atom. The Morgan fingerprint density at radius 2 is 0.611 bits per heavy atom. The van der Waals surface area contributed by atoms with Gasteiger partial charge in [-0.25, -0.2) is 29.1 Å². The number of aromatic carboxylic acids is 4. The largest absolute Gasteiger partial charge is 0.478 e. The fourth-order valence-electron chi connectivity index (χ4n) is 9.00. The Kier molecular flexibility index (Phi) is 14.3. The highest BCUT2D eigenvalue weighted by Gasteiger charge is 2.33. The SMILES string of the molecule is Cc1c(C)c(-c2c3nc(c(-c4ccc(C(=O)O)cc4)c4[nH]c(c(Br)c4Br)c(-c4ccc(C(=O)O)cc4)c4nc(c(-c5ccc(C(=O)O)cc5)c5[nH]c2c(Br)c5Br)C(Br)=C4Br)C(Br)=C3Br)c(C)c(C)c1C(=O)O. The van der Waals surface area contributed by atoms with Gasteiger partial charge in [-0.2, -0.15) is 0 Å². The van der Waals surface area contributed by atoms with Crippen LogP contribution in [-0.4, -0.2) is 64.2 Å². The lowest BCUT2D eigenvalue weighted by Crippen LogP contribution is -2.09. The molecule has 0 amide bonds. The summed E-state index contributed by atoms with van der Waals surface area (Å²) in [5.74, 6) is -4.38. The van der Waals surface area contributed by atoms with Crippen LogP contribution in [0.15, 0.2) is 90.7 Å². The molecule has 20 heteroatoms. The van der Waals surface area contributed by atoms with Gasteiger partial charge in [-0.3, -0.25) is 0 Å². The van der Waals surface area contributed by atoms with Gasteiger partial charge < -0.3 is 30.4 Å². The van der Waals surface area contributed by atoms with Crippen molar-refractivity contribution >= 4 is 191 Å². The normalized spacial score (nSPS) is 12.5. The molecule has 2 aliphatic rings. The summed E-state index contributed by atoms with van der Waals surface area (Å²) in [5.41, 5.74) is 11.2. The highest BCUT2D eigenvalue weighted by molar-refractivity contribution is 9.18. The van der Waals surface area contributed by atoms with Crippen LogP contribution in [0.25, 0.3) is 84.5 Å². The monoisotopic (exact) mass is 1470 g/mol. The number of benzene rings is 4. The molecule has 8 bridgehead atoms. The van der Waals surface area contributed by atoms with E-state index in [4.69, 9.17) is 9.97 Å². The second-order valence-corrected chi connectivity index (χ2v) is 22.9. The fourth-order valence-corrected chi connectivity index (χ4v) is 12.9. The second-order valence-electron chi connectivity index (χ2n) is 16.6. The van der Waals surface area contributed by atoms with Crippen LogP contribution in [0.1, 0.15) is 86.5 Å². The quantitative estimate of drug-likeness (QED) is 0.0849. The Bertz CT molecular complexity index is 3790. The molecule has 7 aromatic rings. The van der Waals surface area contributed by atoms with Crippen molar-refractivity contribution < 1.29 is 39.6 Å². The number of aromatic amines is 2. The van der Waals surface area contributed by atoms with Crippen LogP contribution < -0.4 is 0 Å². The molecule has 0 atom stereocenters. The van der Waals surface area contributed by atoms with E-state index in [9.17, 15) is 39.6 Å². The third kappa shape index (κ3) is 8.56. The molecule has 0 unspecified atom stereocenters. The molecule has 9 rings (SSSR count). The second kappa shape index (κ2) is 19.8. The first kappa shape index (κ1) is 52.1. The Hall–Kier alpha value is -4.80. The number of rotatable bonds is 8. The van der Waals surface area contributed by atoms with Crippen molar-refractivity contribution in [1.29, 1.82) is 0 Å². The van der Waals surface area contributed by atoms with Crippen molar-refractivity contribution in [2.24, 2.45) is 0 Å². The van der Waals surface area contributed by atoms with Crippen LogP contribution in [0.3, 0.4) is 0 Å². The van der Waals surface area contributed by atoms with E-state index in [1.54, 1.807) is 50.2 Å². The number of carbonyl (C=O) groups is 4. The standard InChI is InChI=1S/C52H30Br8N4O8/c1-17-19(3)28(52(71)72)20(4)18(2)27(17)32-47-39(59)37(57)45(63-47)30(22-7-13-25(14-8-22)50(67)68)43-35(55)33(53)41(61-43)29(21-5-11-24(12-6-21)49(65)66)42-34(54)36(56)44(62-42)31(46-38(58)40(60)48(32)64-46)23-9-15-26(16-10-23)51(69)70/h5-16,61,64H,1-4H3,(H,65,66)(H,67,68)(H,69,70)(H,71,72). The molecule has 0 aliphatic carbocycles. The van der Waals surface area contributed by atoms with Crippen molar-refractivity contribution in [3.05, 3.63) is 158 Å². The first-order chi connectivity index (χ1) is 34.0. The first-order valence-corrected chi connectivity index (χ1v) is 27.4. The van der Waals surface area contributed by atoms with Gasteiger partial charge in [0.15, 0.2) is 0 Å². The van der Waals surface area contributed by atoms with E-state index >= 15 is 0 Å².